The first kappa shape index (κ1) is 17.8. The lowest BCUT2D eigenvalue weighted by molar-refractivity contribution is -0.732. The first-order valence-corrected chi connectivity index (χ1v) is 9.49. The zero-order valence-corrected chi connectivity index (χ0v) is 14.8. The number of nitrogens with two attached hydrogens (primary N) is 1. The van der Waals surface area contributed by atoms with Crippen molar-refractivity contribution in [3.63, 3.8) is 0 Å². The Morgan fingerprint density at radius 1 is 1.29 bits per heavy atom. The Balaban J connectivity index is 1.81. The van der Waals surface area contributed by atoms with Crippen molar-refractivity contribution in [3.8, 4) is 0 Å². The van der Waals surface area contributed by atoms with E-state index < -0.39 is 28.6 Å². The van der Waals surface area contributed by atoms with Gasteiger partial charge in [-0.2, -0.15) is 8.42 Å². The van der Waals surface area contributed by atoms with Gasteiger partial charge >= 0.3 is 0 Å². The fourth-order valence-electron chi connectivity index (χ4n) is 3.11. The van der Waals surface area contributed by atoms with E-state index in [4.69, 9.17) is 13.7 Å². The topological polar surface area (TPSA) is 98.7 Å². The normalized spacial score (nSPS) is 33.1. The first-order valence-electron chi connectivity index (χ1n) is 8.08. The van der Waals surface area contributed by atoms with Gasteiger partial charge in [-0.1, -0.05) is 17.7 Å². The highest BCUT2D eigenvalue weighted by Crippen LogP contribution is 2.31. The Morgan fingerprint density at radius 2 is 1.96 bits per heavy atom. The average Bonchev–Trinajstić information content (AvgIpc) is 2.95. The van der Waals surface area contributed by atoms with E-state index in [1.54, 1.807) is 12.1 Å². The van der Waals surface area contributed by atoms with Crippen LogP contribution in [-0.2, 0) is 23.8 Å². The van der Waals surface area contributed by atoms with Crippen molar-refractivity contribution in [1.82, 2.24) is 0 Å². The minimum atomic E-state index is -4.02. The average molecular weight is 358 g/mol. The lowest BCUT2D eigenvalue weighted by Gasteiger charge is -2.36. The van der Waals surface area contributed by atoms with E-state index in [0.29, 0.717) is 6.61 Å². The summed E-state index contributed by atoms with van der Waals surface area (Å²) >= 11 is 0. The third-order valence-corrected chi connectivity index (χ3v) is 5.64. The lowest BCUT2D eigenvalue weighted by atomic mass is 9.97. The van der Waals surface area contributed by atoms with Crippen LogP contribution in [0.4, 0.5) is 0 Å². The number of aliphatic hydroxyl groups is 1. The molecule has 2 saturated heterocycles. The largest absolute Gasteiger partial charge is 0.384 e. The molecule has 134 valence electrons. The number of fused-ring (bicyclic) bond motifs is 2. The van der Waals surface area contributed by atoms with Crippen LogP contribution >= 0.6 is 0 Å². The smallest absolute Gasteiger partial charge is 0.297 e. The van der Waals surface area contributed by atoms with Gasteiger partial charge in [0.2, 0.25) is 0 Å². The number of rotatable bonds is 5. The molecule has 0 spiro atoms. The Morgan fingerprint density at radius 3 is 2.58 bits per heavy atom. The highest BCUT2D eigenvalue weighted by Gasteiger charge is 2.54. The fraction of sp³-hybridized carbons (Fsp3) is 0.625. The molecule has 24 heavy (non-hydrogen) atoms. The van der Waals surface area contributed by atoms with Gasteiger partial charge in [-0.05, 0) is 32.9 Å². The molecule has 7 nitrogen and oxygen atoms in total. The van der Waals surface area contributed by atoms with E-state index in [9.17, 15) is 13.5 Å². The number of quaternary nitrogens is 1. The summed E-state index contributed by atoms with van der Waals surface area (Å²) < 4.78 is 41.5. The van der Waals surface area contributed by atoms with Gasteiger partial charge < -0.3 is 19.9 Å². The molecular formula is C16H24NO6S+. The zero-order chi connectivity index (χ0) is 17.5. The summed E-state index contributed by atoms with van der Waals surface area (Å²) in [5.74, 6) is 0. The second kappa shape index (κ2) is 6.70. The maximum atomic E-state index is 12.5. The Labute approximate surface area is 142 Å². The molecule has 0 unspecified atom stereocenters. The van der Waals surface area contributed by atoms with Gasteiger partial charge in [-0.15, -0.1) is 0 Å². The van der Waals surface area contributed by atoms with Crippen LogP contribution in [0.3, 0.4) is 0 Å². The summed E-state index contributed by atoms with van der Waals surface area (Å²) in [6.45, 7) is 6.18. The van der Waals surface area contributed by atoms with E-state index >= 15 is 0 Å². The van der Waals surface area contributed by atoms with Crippen molar-refractivity contribution >= 4 is 10.1 Å². The van der Waals surface area contributed by atoms with Gasteiger partial charge in [-0.3, -0.25) is 4.18 Å². The lowest BCUT2D eigenvalue weighted by Crippen LogP contribution is -2.99. The van der Waals surface area contributed by atoms with E-state index in [2.05, 4.69) is 0 Å². The van der Waals surface area contributed by atoms with Crippen molar-refractivity contribution in [2.24, 2.45) is 0 Å². The molecule has 0 radical (unpaired) electrons. The first-order chi connectivity index (χ1) is 11.3. The fourth-order valence-corrected chi connectivity index (χ4v) is 4.18. The molecule has 8 heteroatoms. The second-order valence-electron chi connectivity index (χ2n) is 6.71. The van der Waals surface area contributed by atoms with Crippen molar-refractivity contribution < 1.29 is 32.5 Å². The number of aryl methyl sites for hydroxylation is 1. The van der Waals surface area contributed by atoms with E-state index in [0.717, 1.165) is 5.56 Å². The van der Waals surface area contributed by atoms with Crippen LogP contribution in [-0.4, -0.2) is 56.8 Å². The third kappa shape index (κ3) is 3.49. The number of hydrogen-bond acceptors (Lipinski definition) is 6. The summed E-state index contributed by atoms with van der Waals surface area (Å²) in [5, 5.41) is 12.6. The van der Waals surface area contributed by atoms with Crippen LogP contribution < -0.4 is 5.32 Å². The summed E-state index contributed by atoms with van der Waals surface area (Å²) in [6, 6.07) is 6.25. The minimum Gasteiger partial charge on any atom is -0.384 e. The van der Waals surface area contributed by atoms with E-state index in [-0.39, 0.29) is 23.1 Å². The quantitative estimate of drug-likeness (QED) is 0.690. The number of hydrogen-bond donors (Lipinski definition) is 2. The molecule has 0 saturated carbocycles. The molecule has 1 aromatic rings. The van der Waals surface area contributed by atoms with Crippen molar-refractivity contribution in [3.05, 3.63) is 29.8 Å². The molecular weight excluding hydrogens is 334 g/mol. The molecule has 0 amide bonds. The van der Waals surface area contributed by atoms with Gasteiger partial charge in [0.1, 0.15) is 18.2 Å². The summed E-state index contributed by atoms with van der Waals surface area (Å²) in [5.41, 5.74) is 0.948. The Bertz CT molecular complexity index is 674. The van der Waals surface area contributed by atoms with E-state index in [1.807, 2.05) is 26.1 Å². The van der Waals surface area contributed by atoms with Gasteiger partial charge in [0, 0.05) is 0 Å². The SMILES string of the molecule is Cc1ccc(S(=O)(=O)O[C@H]2[C@H]3OC[C@H](O3)[C@@H]([NH2+]C(C)C)[C@H]2O)cc1. The van der Waals surface area contributed by atoms with Crippen LogP contribution in [0.5, 0.6) is 0 Å². The van der Waals surface area contributed by atoms with Gasteiger partial charge in [0.25, 0.3) is 10.1 Å². The maximum absolute atomic E-state index is 12.5. The molecule has 1 aromatic carbocycles. The maximum Gasteiger partial charge on any atom is 0.297 e. The molecule has 3 N–H and O–H groups in total. The number of aliphatic hydroxyl groups excluding tert-OH is 1. The molecule has 0 aromatic heterocycles. The highest BCUT2D eigenvalue weighted by molar-refractivity contribution is 7.86. The third-order valence-electron chi connectivity index (χ3n) is 4.32. The summed E-state index contributed by atoms with van der Waals surface area (Å²) in [4.78, 5) is 0.0461. The summed E-state index contributed by atoms with van der Waals surface area (Å²) in [6.07, 6.45) is -3.23. The molecule has 2 aliphatic heterocycles. The predicted octanol–water partition coefficient (Wildman–Crippen LogP) is -0.475. The van der Waals surface area contributed by atoms with Crippen molar-refractivity contribution in [1.29, 1.82) is 0 Å². The molecule has 5 atom stereocenters. The van der Waals surface area contributed by atoms with Gasteiger partial charge in [0.05, 0.1) is 17.5 Å². The Kier molecular flexibility index (Phi) is 4.96. The molecule has 2 fully saturated rings. The van der Waals surface area contributed by atoms with Crippen molar-refractivity contribution in [2.75, 3.05) is 6.61 Å². The molecule has 2 aliphatic rings. The molecule has 3 rings (SSSR count). The van der Waals surface area contributed by atoms with Crippen LogP contribution in [0, 0.1) is 6.92 Å². The van der Waals surface area contributed by atoms with Crippen LogP contribution in [0.2, 0.25) is 0 Å². The number of benzene rings is 1. The monoisotopic (exact) mass is 358 g/mol. The number of ether oxygens (including phenoxy) is 2. The standard InChI is InChI=1S/C16H23NO6S/c1-9(2)17-13-12-8-21-16(22-12)15(14(13)18)23-24(19,20)11-6-4-10(3)5-7-11/h4-7,9,12-18H,8H2,1-3H3/p+1/t12-,13+,14+,15+,16-/m0/s1. The Hall–Kier alpha value is -1.03. The van der Waals surface area contributed by atoms with Gasteiger partial charge in [-0.25, -0.2) is 0 Å². The molecule has 2 heterocycles. The van der Waals surface area contributed by atoms with Crippen molar-refractivity contribution in [2.45, 2.75) is 62.4 Å². The van der Waals surface area contributed by atoms with E-state index in [1.165, 1.54) is 12.1 Å². The molecule has 2 bridgehead atoms. The van der Waals surface area contributed by atoms with Gasteiger partial charge in [0.15, 0.2) is 12.4 Å². The van der Waals surface area contributed by atoms with Crippen LogP contribution in [0.1, 0.15) is 19.4 Å². The molecule has 0 aliphatic carbocycles. The summed E-state index contributed by atoms with van der Waals surface area (Å²) in [7, 11) is -4.02. The predicted molar refractivity (Wildman–Crippen MR) is 84.7 cm³/mol. The van der Waals surface area contributed by atoms with Crippen LogP contribution in [0.15, 0.2) is 29.2 Å². The highest BCUT2D eigenvalue weighted by atomic mass is 32.2. The zero-order valence-electron chi connectivity index (χ0n) is 14.0. The van der Waals surface area contributed by atoms with Crippen LogP contribution in [0.25, 0.3) is 0 Å². The second-order valence-corrected chi connectivity index (χ2v) is 8.28. The minimum absolute atomic E-state index is 0.0461.